The largest absolute Gasteiger partial charge is 0.487 e. The van der Waals surface area contributed by atoms with Crippen molar-refractivity contribution >= 4 is 5.82 Å². The van der Waals surface area contributed by atoms with Crippen LogP contribution in [0.25, 0.3) is 0 Å². The highest BCUT2D eigenvalue weighted by atomic mass is 16.5. The highest BCUT2D eigenvalue weighted by Crippen LogP contribution is 2.37. The fourth-order valence-electron chi connectivity index (χ4n) is 2.99. The molecule has 0 unspecified atom stereocenters. The van der Waals surface area contributed by atoms with E-state index < -0.39 is 0 Å². The Morgan fingerprint density at radius 2 is 2.11 bits per heavy atom. The van der Waals surface area contributed by atoms with E-state index in [-0.39, 0.29) is 0 Å². The summed E-state index contributed by atoms with van der Waals surface area (Å²) in [6.07, 6.45) is 1.97. The number of nitrogens with zero attached hydrogens (tertiary/aromatic N) is 3. The van der Waals surface area contributed by atoms with Gasteiger partial charge in [0.15, 0.2) is 11.6 Å². The molecule has 0 spiro atoms. The van der Waals surface area contributed by atoms with E-state index in [1.165, 1.54) is 11.1 Å². The molecule has 0 aliphatic carbocycles. The number of fused-ring (bicyclic) bond motifs is 3. The first-order chi connectivity index (χ1) is 9.08. The molecule has 4 heteroatoms. The molecule has 0 aromatic carbocycles. The van der Waals surface area contributed by atoms with E-state index in [9.17, 15) is 0 Å². The van der Waals surface area contributed by atoms with Gasteiger partial charge in [-0.15, -0.1) is 0 Å². The van der Waals surface area contributed by atoms with Gasteiger partial charge in [0.25, 0.3) is 0 Å². The molecule has 19 heavy (non-hydrogen) atoms. The summed E-state index contributed by atoms with van der Waals surface area (Å²) in [7, 11) is 0. The van der Waals surface area contributed by atoms with Gasteiger partial charge in [-0.05, 0) is 38.8 Å². The van der Waals surface area contributed by atoms with Crippen LogP contribution in [0.5, 0.6) is 5.75 Å². The average Bonchev–Trinajstić information content (AvgIpc) is 2.41. The summed E-state index contributed by atoms with van der Waals surface area (Å²) in [6, 6.07) is 1.05. The standard InChI is InChI=1S/C15H23N3O/c1-10(2)17-5-6-18-13(8-17)9-19-14-12(4)11(3)7-16-15(14)18/h7,10,13H,5-6,8-9H2,1-4H3/t13-/m1/s1. The molecule has 2 aliphatic heterocycles. The summed E-state index contributed by atoms with van der Waals surface area (Å²) < 4.78 is 6.00. The van der Waals surface area contributed by atoms with Crippen LogP contribution in [0.3, 0.4) is 0 Å². The van der Waals surface area contributed by atoms with Crippen molar-refractivity contribution in [3.8, 4) is 5.75 Å². The summed E-state index contributed by atoms with van der Waals surface area (Å²) >= 11 is 0. The number of aromatic nitrogens is 1. The number of rotatable bonds is 1. The zero-order chi connectivity index (χ0) is 13.6. The summed E-state index contributed by atoms with van der Waals surface area (Å²) in [4.78, 5) is 9.58. The van der Waals surface area contributed by atoms with Crippen molar-refractivity contribution < 1.29 is 4.74 Å². The van der Waals surface area contributed by atoms with Crippen LogP contribution in [0.1, 0.15) is 25.0 Å². The van der Waals surface area contributed by atoms with Crippen LogP contribution in [0, 0.1) is 13.8 Å². The van der Waals surface area contributed by atoms with Gasteiger partial charge in [0.05, 0.1) is 6.04 Å². The predicted octanol–water partition coefficient (Wildman–Crippen LogP) is 1.99. The number of anilines is 1. The van der Waals surface area contributed by atoms with E-state index in [1.54, 1.807) is 0 Å². The van der Waals surface area contributed by atoms with Crippen LogP contribution >= 0.6 is 0 Å². The molecule has 0 bridgehead atoms. The first-order valence-corrected chi connectivity index (χ1v) is 7.17. The van der Waals surface area contributed by atoms with Crippen LogP contribution in [-0.2, 0) is 0 Å². The van der Waals surface area contributed by atoms with Gasteiger partial charge >= 0.3 is 0 Å². The Bertz CT molecular complexity index is 487. The maximum atomic E-state index is 6.00. The Kier molecular flexibility index (Phi) is 3.13. The first-order valence-electron chi connectivity index (χ1n) is 7.17. The van der Waals surface area contributed by atoms with Crippen molar-refractivity contribution in [2.24, 2.45) is 0 Å². The lowest BCUT2D eigenvalue weighted by molar-refractivity contribution is 0.140. The van der Waals surface area contributed by atoms with Crippen molar-refractivity contribution in [2.45, 2.75) is 39.8 Å². The van der Waals surface area contributed by atoms with Gasteiger partial charge in [0, 0.05) is 31.9 Å². The SMILES string of the molecule is Cc1cnc2c(c1C)OC[C@H]1CN(C(C)C)CCN21. The Hall–Kier alpha value is -1.29. The fraction of sp³-hybridized carbons (Fsp3) is 0.667. The third kappa shape index (κ3) is 2.08. The van der Waals surface area contributed by atoms with E-state index in [1.807, 2.05) is 6.20 Å². The van der Waals surface area contributed by atoms with Gasteiger partial charge in [-0.1, -0.05) is 0 Å². The predicted molar refractivity (Wildman–Crippen MR) is 77.0 cm³/mol. The Balaban J connectivity index is 1.89. The van der Waals surface area contributed by atoms with Crippen molar-refractivity contribution in [3.05, 3.63) is 17.3 Å². The van der Waals surface area contributed by atoms with Crippen LogP contribution in [0.15, 0.2) is 6.20 Å². The monoisotopic (exact) mass is 261 g/mol. The maximum Gasteiger partial charge on any atom is 0.172 e. The quantitative estimate of drug-likeness (QED) is 0.773. The van der Waals surface area contributed by atoms with Crippen LogP contribution in [-0.4, -0.2) is 48.2 Å². The topological polar surface area (TPSA) is 28.6 Å². The summed E-state index contributed by atoms with van der Waals surface area (Å²) in [5.74, 6) is 2.04. The lowest BCUT2D eigenvalue weighted by atomic mass is 10.1. The summed E-state index contributed by atoms with van der Waals surface area (Å²) in [5, 5.41) is 0. The third-order valence-corrected chi connectivity index (χ3v) is 4.45. The van der Waals surface area contributed by atoms with Gasteiger partial charge < -0.3 is 9.64 Å². The van der Waals surface area contributed by atoms with Crippen molar-refractivity contribution in [2.75, 3.05) is 31.1 Å². The van der Waals surface area contributed by atoms with E-state index in [4.69, 9.17) is 4.74 Å². The Labute approximate surface area is 115 Å². The molecule has 3 rings (SSSR count). The smallest absolute Gasteiger partial charge is 0.172 e. The lowest BCUT2D eigenvalue weighted by Gasteiger charge is -2.46. The minimum atomic E-state index is 0.443. The number of piperazine rings is 1. The second-order valence-corrected chi connectivity index (χ2v) is 5.97. The normalized spacial score (nSPS) is 23.0. The average molecular weight is 261 g/mol. The molecule has 1 atom stereocenters. The number of ether oxygens (including phenoxy) is 1. The minimum Gasteiger partial charge on any atom is -0.487 e. The van der Waals surface area contributed by atoms with Crippen molar-refractivity contribution in [3.63, 3.8) is 0 Å². The van der Waals surface area contributed by atoms with Crippen LogP contribution in [0.2, 0.25) is 0 Å². The first kappa shape index (κ1) is 12.7. The highest BCUT2D eigenvalue weighted by molar-refractivity contribution is 5.60. The summed E-state index contributed by atoms with van der Waals surface area (Å²) in [6.45, 7) is 12.8. The van der Waals surface area contributed by atoms with Gasteiger partial charge in [-0.25, -0.2) is 4.98 Å². The fourth-order valence-corrected chi connectivity index (χ4v) is 2.99. The van der Waals surface area contributed by atoms with Gasteiger partial charge in [-0.3, -0.25) is 4.90 Å². The maximum absolute atomic E-state index is 6.00. The zero-order valence-corrected chi connectivity index (χ0v) is 12.3. The molecule has 104 valence electrons. The van der Waals surface area contributed by atoms with Gasteiger partial charge in [-0.2, -0.15) is 0 Å². The summed E-state index contributed by atoms with van der Waals surface area (Å²) in [5.41, 5.74) is 2.44. The molecule has 4 nitrogen and oxygen atoms in total. The van der Waals surface area contributed by atoms with E-state index in [2.05, 4.69) is 42.5 Å². The van der Waals surface area contributed by atoms with Crippen molar-refractivity contribution in [1.82, 2.24) is 9.88 Å². The van der Waals surface area contributed by atoms with Crippen molar-refractivity contribution in [1.29, 1.82) is 0 Å². The molecule has 3 heterocycles. The highest BCUT2D eigenvalue weighted by Gasteiger charge is 2.35. The molecule has 1 fully saturated rings. The minimum absolute atomic E-state index is 0.443. The Morgan fingerprint density at radius 1 is 1.32 bits per heavy atom. The van der Waals surface area contributed by atoms with Crippen LogP contribution in [0.4, 0.5) is 5.82 Å². The number of pyridine rings is 1. The molecule has 0 saturated carbocycles. The zero-order valence-electron chi connectivity index (χ0n) is 12.3. The molecule has 0 N–H and O–H groups in total. The van der Waals surface area contributed by atoms with E-state index in [0.29, 0.717) is 12.1 Å². The molecule has 2 aliphatic rings. The molecular weight excluding hydrogens is 238 g/mol. The number of hydrogen-bond acceptors (Lipinski definition) is 4. The second kappa shape index (κ2) is 4.67. The molecule has 1 aromatic rings. The van der Waals surface area contributed by atoms with Crippen LogP contribution < -0.4 is 9.64 Å². The second-order valence-electron chi connectivity index (χ2n) is 5.97. The lowest BCUT2D eigenvalue weighted by Crippen LogP contribution is -2.58. The molecular formula is C15H23N3O. The molecule has 1 saturated heterocycles. The Morgan fingerprint density at radius 3 is 2.84 bits per heavy atom. The van der Waals surface area contributed by atoms with E-state index in [0.717, 1.165) is 37.8 Å². The number of aryl methyl sites for hydroxylation is 1. The number of hydrogen-bond donors (Lipinski definition) is 0. The van der Waals surface area contributed by atoms with Gasteiger partial charge in [0.1, 0.15) is 6.61 Å². The van der Waals surface area contributed by atoms with Gasteiger partial charge in [0.2, 0.25) is 0 Å². The molecule has 1 aromatic heterocycles. The molecule has 0 radical (unpaired) electrons. The third-order valence-electron chi connectivity index (χ3n) is 4.45. The molecule has 0 amide bonds. The van der Waals surface area contributed by atoms with E-state index >= 15 is 0 Å².